The van der Waals surface area contributed by atoms with Crippen LogP contribution in [0.5, 0.6) is 0 Å². The molecule has 3 aromatic carbocycles. The van der Waals surface area contributed by atoms with Gasteiger partial charge < -0.3 is 15.2 Å². The number of carbonyl (C=O) groups excluding carboxylic acids is 1. The molecule has 0 aliphatic heterocycles. The third kappa shape index (κ3) is 6.77. The van der Waals surface area contributed by atoms with Crippen molar-refractivity contribution in [3.05, 3.63) is 89.4 Å². The lowest BCUT2D eigenvalue weighted by Gasteiger charge is -2.11. The van der Waals surface area contributed by atoms with Crippen molar-refractivity contribution in [2.24, 2.45) is 0 Å². The molecular formula is C28H29BrN4OS. The zero-order chi connectivity index (χ0) is 24.5. The maximum atomic E-state index is 12.1. The molecule has 5 nitrogen and oxygen atoms in total. The number of halogens is 1. The summed E-state index contributed by atoms with van der Waals surface area (Å²) in [5.41, 5.74) is 5.25. The van der Waals surface area contributed by atoms with Gasteiger partial charge in [0.25, 0.3) is 0 Å². The van der Waals surface area contributed by atoms with Gasteiger partial charge in [0.05, 0.1) is 11.4 Å². The standard InChI is InChI=1S/C28H29BrN4OS/c1-2-33-26(22-14-7-4-8-15-22)25(21-12-5-3-6-13-21)32-28(33)35-19-10-9-18-30-27(34)31-24-17-11-16-23(29)20-24/h3-8,11-17,20H,2,9-10,18-19H2,1H3,(H2,30,31,34). The predicted molar refractivity (Wildman–Crippen MR) is 150 cm³/mol. The minimum absolute atomic E-state index is 0.183. The van der Waals surface area contributed by atoms with E-state index in [1.165, 1.54) is 5.56 Å². The Morgan fingerprint density at radius 3 is 2.34 bits per heavy atom. The molecule has 1 aromatic heterocycles. The van der Waals surface area contributed by atoms with Gasteiger partial charge in [0, 0.05) is 40.1 Å². The van der Waals surface area contributed by atoms with Crippen LogP contribution in [0.4, 0.5) is 10.5 Å². The molecular weight excluding hydrogens is 520 g/mol. The number of nitrogens with zero attached hydrogens (tertiary/aromatic N) is 2. The quantitative estimate of drug-likeness (QED) is 0.158. The van der Waals surface area contributed by atoms with Gasteiger partial charge in [0.2, 0.25) is 0 Å². The summed E-state index contributed by atoms with van der Waals surface area (Å²) in [4.78, 5) is 17.2. The fourth-order valence-electron chi connectivity index (χ4n) is 3.86. The van der Waals surface area contributed by atoms with Crippen molar-refractivity contribution < 1.29 is 4.79 Å². The number of carbonyl (C=O) groups is 1. The number of hydrogen-bond acceptors (Lipinski definition) is 3. The third-order valence-corrected chi connectivity index (χ3v) is 7.07. The lowest BCUT2D eigenvalue weighted by Crippen LogP contribution is -2.29. The van der Waals surface area contributed by atoms with Crippen molar-refractivity contribution in [3.63, 3.8) is 0 Å². The summed E-state index contributed by atoms with van der Waals surface area (Å²) in [7, 11) is 0. The molecule has 180 valence electrons. The van der Waals surface area contributed by atoms with Crippen LogP contribution in [0.25, 0.3) is 22.5 Å². The van der Waals surface area contributed by atoms with Gasteiger partial charge in [-0.05, 0) is 38.0 Å². The van der Waals surface area contributed by atoms with E-state index >= 15 is 0 Å². The highest BCUT2D eigenvalue weighted by atomic mass is 79.9. The first-order chi connectivity index (χ1) is 17.2. The molecule has 0 aliphatic rings. The second-order valence-electron chi connectivity index (χ2n) is 8.01. The Hall–Kier alpha value is -3.03. The first-order valence-electron chi connectivity index (χ1n) is 11.8. The number of thioether (sulfide) groups is 1. The summed E-state index contributed by atoms with van der Waals surface area (Å²) in [6.45, 7) is 3.65. The van der Waals surface area contributed by atoms with Crippen molar-refractivity contribution in [3.8, 4) is 22.5 Å². The molecule has 0 aliphatic carbocycles. The average Bonchev–Trinajstić information content (AvgIpc) is 3.25. The Morgan fingerprint density at radius 2 is 1.66 bits per heavy atom. The van der Waals surface area contributed by atoms with E-state index in [1.807, 2.05) is 36.4 Å². The third-order valence-electron chi connectivity index (χ3n) is 5.51. The molecule has 0 saturated heterocycles. The maximum Gasteiger partial charge on any atom is 0.319 e. The van der Waals surface area contributed by atoms with Crippen LogP contribution in [0, 0.1) is 0 Å². The number of hydrogen-bond donors (Lipinski definition) is 2. The second kappa shape index (κ2) is 12.6. The summed E-state index contributed by atoms with van der Waals surface area (Å²) >= 11 is 5.19. The van der Waals surface area contributed by atoms with Crippen molar-refractivity contribution in [2.45, 2.75) is 31.5 Å². The van der Waals surface area contributed by atoms with E-state index in [0.717, 1.165) is 57.4 Å². The van der Waals surface area contributed by atoms with Crippen LogP contribution in [-0.4, -0.2) is 27.9 Å². The number of anilines is 1. The molecule has 7 heteroatoms. The van der Waals surface area contributed by atoms with E-state index in [4.69, 9.17) is 4.98 Å². The van der Waals surface area contributed by atoms with Crippen molar-refractivity contribution in [2.75, 3.05) is 17.6 Å². The molecule has 0 atom stereocenters. The van der Waals surface area contributed by atoms with Crippen LogP contribution in [0.1, 0.15) is 19.8 Å². The van der Waals surface area contributed by atoms with Crippen molar-refractivity contribution in [1.29, 1.82) is 0 Å². The van der Waals surface area contributed by atoms with Gasteiger partial charge >= 0.3 is 6.03 Å². The first kappa shape index (κ1) is 25.1. The van der Waals surface area contributed by atoms with E-state index in [2.05, 4.69) is 86.6 Å². The number of rotatable bonds is 10. The predicted octanol–water partition coefficient (Wildman–Crippen LogP) is 7.69. The van der Waals surface area contributed by atoms with Gasteiger partial charge in [0.15, 0.2) is 5.16 Å². The van der Waals surface area contributed by atoms with Crippen LogP contribution in [-0.2, 0) is 6.54 Å². The second-order valence-corrected chi connectivity index (χ2v) is 9.99. The number of nitrogens with one attached hydrogen (secondary N) is 2. The Morgan fingerprint density at radius 1 is 0.943 bits per heavy atom. The lowest BCUT2D eigenvalue weighted by atomic mass is 10.0. The summed E-state index contributed by atoms with van der Waals surface area (Å²) in [5.74, 6) is 0.939. The zero-order valence-electron chi connectivity index (χ0n) is 19.7. The van der Waals surface area contributed by atoms with E-state index in [0.29, 0.717) is 6.54 Å². The largest absolute Gasteiger partial charge is 0.338 e. The maximum absolute atomic E-state index is 12.1. The van der Waals surface area contributed by atoms with Gasteiger partial charge in [-0.3, -0.25) is 0 Å². The van der Waals surface area contributed by atoms with Crippen LogP contribution in [0.3, 0.4) is 0 Å². The molecule has 4 aromatic rings. The summed E-state index contributed by atoms with van der Waals surface area (Å²) in [5, 5.41) is 6.82. The molecule has 0 spiro atoms. The van der Waals surface area contributed by atoms with Gasteiger partial charge in [0.1, 0.15) is 0 Å². The van der Waals surface area contributed by atoms with E-state index in [1.54, 1.807) is 11.8 Å². The van der Waals surface area contributed by atoms with Crippen LogP contribution < -0.4 is 10.6 Å². The normalized spacial score (nSPS) is 10.8. The van der Waals surface area contributed by atoms with Gasteiger partial charge in [-0.15, -0.1) is 0 Å². The number of benzene rings is 3. The minimum Gasteiger partial charge on any atom is -0.338 e. The number of amides is 2. The molecule has 0 fully saturated rings. The molecule has 0 bridgehead atoms. The Bertz CT molecular complexity index is 1240. The van der Waals surface area contributed by atoms with Gasteiger partial charge in [-0.2, -0.15) is 0 Å². The van der Waals surface area contributed by atoms with E-state index in [-0.39, 0.29) is 6.03 Å². The first-order valence-corrected chi connectivity index (χ1v) is 13.6. The molecule has 1 heterocycles. The summed E-state index contributed by atoms with van der Waals surface area (Å²) in [6, 6.07) is 28.2. The molecule has 35 heavy (non-hydrogen) atoms. The molecule has 0 radical (unpaired) electrons. The fraction of sp³-hybridized carbons (Fsp3) is 0.214. The highest BCUT2D eigenvalue weighted by molar-refractivity contribution is 9.10. The highest BCUT2D eigenvalue weighted by Crippen LogP contribution is 2.36. The Kier molecular flexibility index (Phi) is 9.03. The average molecular weight is 550 g/mol. The topological polar surface area (TPSA) is 59.0 Å². The number of unbranched alkanes of at least 4 members (excludes halogenated alkanes) is 1. The van der Waals surface area contributed by atoms with Crippen LogP contribution in [0.2, 0.25) is 0 Å². The van der Waals surface area contributed by atoms with Gasteiger partial charge in [-0.1, -0.05) is 94.4 Å². The van der Waals surface area contributed by atoms with E-state index < -0.39 is 0 Å². The molecule has 2 amide bonds. The zero-order valence-corrected chi connectivity index (χ0v) is 22.1. The minimum atomic E-state index is -0.183. The smallest absolute Gasteiger partial charge is 0.319 e. The Labute approximate surface area is 219 Å². The SMILES string of the molecule is CCn1c(SCCCCNC(=O)Nc2cccc(Br)c2)nc(-c2ccccc2)c1-c1ccccc1. The van der Waals surface area contributed by atoms with Crippen LogP contribution >= 0.6 is 27.7 Å². The highest BCUT2D eigenvalue weighted by Gasteiger charge is 2.19. The molecule has 0 unspecified atom stereocenters. The Balaban J connectivity index is 1.35. The molecule has 2 N–H and O–H groups in total. The lowest BCUT2D eigenvalue weighted by molar-refractivity contribution is 0.252. The number of imidazole rings is 1. The molecule has 4 rings (SSSR count). The van der Waals surface area contributed by atoms with Crippen LogP contribution in [0.15, 0.2) is 94.6 Å². The summed E-state index contributed by atoms with van der Waals surface area (Å²) < 4.78 is 3.25. The van der Waals surface area contributed by atoms with Crippen molar-refractivity contribution in [1.82, 2.24) is 14.9 Å². The monoisotopic (exact) mass is 548 g/mol. The number of urea groups is 1. The van der Waals surface area contributed by atoms with Crippen molar-refractivity contribution >= 4 is 39.4 Å². The number of aromatic nitrogens is 2. The molecule has 0 saturated carbocycles. The van der Waals surface area contributed by atoms with Gasteiger partial charge in [-0.25, -0.2) is 9.78 Å². The summed E-state index contributed by atoms with van der Waals surface area (Å²) in [6.07, 6.45) is 1.89. The van der Waals surface area contributed by atoms with E-state index in [9.17, 15) is 4.79 Å². The fourth-order valence-corrected chi connectivity index (χ4v) is 5.32.